The number of hydrogen-bond donors (Lipinski definition) is 1. The Morgan fingerprint density at radius 2 is 1.87 bits per heavy atom. The van der Waals surface area contributed by atoms with Gasteiger partial charge in [0.05, 0.1) is 23.8 Å². The summed E-state index contributed by atoms with van der Waals surface area (Å²) < 4.78 is 24.7. The summed E-state index contributed by atoms with van der Waals surface area (Å²) in [4.78, 5) is 20.4. The smallest absolute Gasteiger partial charge is 0.161 e. The second kappa shape index (κ2) is 11.2. The zero-order chi connectivity index (χ0) is 26.6. The maximum Gasteiger partial charge on any atom is 0.161 e. The van der Waals surface area contributed by atoms with Gasteiger partial charge in [0.25, 0.3) is 0 Å². The van der Waals surface area contributed by atoms with Crippen LogP contribution in [-0.2, 0) is 11.3 Å². The van der Waals surface area contributed by atoms with E-state index in [4.69, 9.17) is 26.1 Å². The Morgan fingerprint density at radius 3 is 2.72 bits per heavy atom. The fraction of sp³-hybridized carbons (Fsp3) is 0.172. The first kappa shape index (κ1) is 25.0. The number of fused-ring (bicyclic) bond motifs is 1. The highest BCUT2D eigenvalue weighted by atomic mass is 35.5. The highest BCUT2D eigenvalue weighted by molar-refractivity contribution is 6.32. The minimum absolute atomic E-state index is 0.207. The highest BCUT2D eigenvalue weighted by Gasteiger charge is 2.15. The Labute approximate surface area is 229 Å². The van der Waals surface area contributed by atoms with Crippen LogP contribution >= 0.6 is 11.6 Å². The second-order valence-corrected chi connectivity index (χ2v) is 9.39. The number of nitrogens with zero attached hydrogens (tertiary/aromatic N) is 5. The molecule has 1 aliphatic rings. The van der Waals surface area contributed by atoms with Gasteiger partial charge >= 0.3 is 0 Å². The first-order chi connectivity index (χ1) is 19.1. The lowest BCUT2D eigenvalue weighted by Gasteiger charge is -2.27. The van der Waals surface area contributed by atoms with Gasteiger partial charge in [-0.2, -0.15) is 0 Å². The maximum absolute atomic E-state index is 13.4. The van der Waals surface area contributed by atoms with Crippen molar-refractivity contribution in [3.05, 3.63) is 95.7 Å². The monoisotopic (exact) mass is 542 g/mol. The van der Waals surface area contributed by atoms with E-state index in [1.807, 2.05) is 30.3 Å². The van der Waals surface area contributed by atoms with E-state index in [2.05, 4.69) is 25.2 Å². The molecule has 0 radical (unpaired) electrons. The summed E-state index contributed by atoms with van der Waals surface area (Å²) in [6, 6.07) is 19.4. The Hall–Kier alpha value is -4.34. The third-order valence-corrected chi connectivity index (χ3v) is 6.64. The van der Waals surface area contributed by atoms with Gasteiger partial charge < -0.3 is 19.7 Å². The Morgan fingerprint density at radius 1 is 0.974 bits per heavy atom. The van der Waals surface area contributed by atoms with E-state index in [1.165, 1.54) is 18.5 Å². The number of halogens is 2. The molecule has 10 heteroatoms. The molecular formula is C29H24ClFN6O2. The van der Waals surface area contributed by atoms with Gasteiger partial charge in [0.2, 0.25) is 0 Å². The lowest BCUT2D eigenvalue weighted by atomic mass is 10.1. The third kappa shape index (κ3) is 5.74. The lowest BCUT2D eigenvalue weighted by Crippen LogP contribution is -2.36. The summed E-state index contributed by atoms with van der Waals surface area (Å²) in [6.45, 7) is 3.18. The molecule has 39 heavy (non-hydrogen) atoms. The molecule has 0 atom stereocenters. The van der Waals surface area contributed by atoms with Crippen LogP contribution in [0.4, 0.5) is 21.7 Å². The minimum atomic E-state index is -0.307. The molecule has 8 nitrogen and oxygen atoms in total. The molecule has 3 aromatic carbocycles. The van der Waals surface area contributed by atoms with Crippen molar-refractivity contribution in [2.24, 2.45) is 0 Å². The van der Waals surface area contributed by atoms with E-state index in [0.717, 1.165) is 46.6 Å². The second-order valence-electron chi connectivity index (χ2n) is 8.98. The van der Waals surface area contributed by atoms with E-state index >= 15 is 0 Å². The number of ether oxygens (including phenoxy) is 2. The summed E-state index contributed by atoms with van der Waals surface area (Å²) in [6.07, 6.45) is 3.29. The van der Waals surface area contributed by atoms with Crippen molar-refractivity contribution in [3.63, 3.8) is 0 Å². The minimum Gasteiger partial charge on any atom is -0.487 e. The molecule has 2 aromatic heterocycles. The summed E-state index contributed by atoms with van der Waals surface area (Å²) in [7, 11) is 0. The van der Waals surface area contributed by atoms with Gasteiger partial charge in [0.1, 0.15) is 36.1 Å². The summed E-state index contributed by atoms with van der Waals surface area (Å²) in [5, 5.41) is 4.57. The Balaban J connectivity index is 1.23. The van der Waals surface area contributed by atoms with Gasteiger partial charge in [-0.15, -0.1) is 0 Å². The molecule has 3 heterocycles. The van der Waals surface area contributed by atoms with Gasteiger partial charge in [-0.25, -0.2) is 24.3 Å². The number of nitrogens with one attached hydrogen (secondary N) is 1. The lowest BCUT2D eigenvalue weighted by molar-refractivity contribution is 0.122. The Bertz CT molecular complexity index is 1630. The van der Waals surface area contributed by atoms with Crippen LogP contribution in [0.1, 0.15) is 5.56 Å². The number of rotatable bonds is 7. The van der Waals surface area contributed by atoms with Crippen LogP contribution in [0, 0.1) is 5.82 Å². The Kier molecular flexibility index (Phi) is 7.16. The number of anilines is 3. The molecule has 1 fully saturated rings. The van der Waals surface area contributed by atoms with Crippen molar-refractivity contribution in [2.45, 2.75) is 6.61 Å². The van der Waals surface area contributed by atoms with E-state index < -0.39 is 0 Å². The number of morpholine rings is 1. The molecule has 1 saturated heterocycles. The molecule has 1 N–H and O–H groups in total. The van der Waals surface area contributed by atoms with Crippen molar-refractivity contribution in [2.75, 3.05) is 36.5 Å². The van der Waals surface area contributed by atoms with Gasteiger partial charge in [0.15, 0.2) is 5.82 Å². The van der Waals surface area contributed by atoms with Crippen LogP contribution in [0.3, 0.4) is 0 Å². The van der Waals surface area contributed by atoms with Crippen LogP contribution < -0.4 is 15.0 Å². The quantitative estimate of drug-likeness (QED) is 0.266. The predicted molar refractivity (Wildman–Crippen MR) is 149 cm³/mol. The van der Waals surface area contributed by atoms with Gasteiger partial charge in [-0.3, -0.25) is 0 Å². The number of aromatic nitrogens is 4. The van der Waals surface area contributed by atoms with Crippen molar-refractivity contribution in [1.82, 2.24) is 19.9 Å². The standard InChI is InChI=1S/C29H24ClFN6O2/c30-24-16-22(5-7-26(24)39-17-19-2-1-3-21(31)14-19)35-29-23-15-20(4-6-25(23)33-18-34-29)28-32-9-8-27(36-28)37-10-12-38-13-11-37/h1-9,14-16,18H,10-13,17H2,(H,33,34,35). The van der Waals surface area contributed by atoms with E-state index in [0.29, 0.717) is 35.6 Å². The molecule has 6 rings (SSSR count). The third-order valence-electron chi connectivity index (χ3n) is 6.35. The molecule has 5 aromatic rings. The molecule has 0 spiro atoms. The topological polar surface area (TPSA) is 85.3 Å². The van der Waals surface area contributed by atoms with E-state index in [1.54, 1.807) is 30.5 Å². The first-order valence-electron chi connectivity index (χ1n) is 12.5. The van der Waals surface area contributed by atoms with Crippen molar-refractivity contribution >= 4 is 39.8 Å². The van der Waals surface area contributed by atoms with Crippen LogP contribution in [0.25, 0.3) is 22.3 Å². The molecule has 196 valence electrons. The summed E-state index contributed by atoms with van der Waals surface area (Å²) >= 11 is 6.50. The zero-order valence-corrected chi connectivity index (χ0v) is 21.6. The van der Waals surface area contributed by atoms with Crippen molar-refractivity contribution in [3.8, 4) is 17.1 Å². The number of benzene rings is 3. The SMILES string of the molecule is Fc1cccc(COc2ccc(Nc3ncnc4ccc(-c5nccc(N6CCOCC6)n5)cc34)cc2Cl)c1. The van der Waals surface area contributed by atoms with Crippen molar-refractivity contribution < 1.29 is 13.9 Å². The molecule has 0 unspecified atom stereocenters. The van der Waals surface area contributed by atoms with Crippen molar-refractivity contribution in [1.29, 1.82) is 0 Å². The zero-order valence-electron chi connectivity index (χ0n) is 20.8. The van der Waals surface area contributed by atoms with Crippen LogP contribution in [0.5, 0.6) is 5.75 Å². The molecule has 1 aliphatic heterocycles. The van der Waals surface area contributed by atoms with E-state index in [9.17, 15) is 4.39 Å². The molecule has 0 bridgehead atoms. The van der Waals surface area contributed by atoms with E-state index in [-0.39, 0.29) is 12.4 Å². The van der Waals surface area contributed by atoms with Crippen LogP contribution in [0.2, 0.25) is 5.02 Å². The average molecular weight is 543 g/mol. The van der Waals surface area contributed by atoms with Crippen LogP contribution in [0.15, 0.2) is 79.3 Å². The molecular weight excluding hydrogens is 519 g/mol. The molecule has 0 amide bonds. The predicted octanol–water partition coefficient (Wildman–Crippen LogP) is 6.04. The molecule has 0 aliphatic carbocycles. The maximum atomic E-state index is 13.4. The fourth-order valence-electron chi connectivity index (χ4n) is 4.37. The highest BCUT2D eigenvalue weighted by Crippen LogP contribution is 2.32. The summed E-state index contributed by atoms with van der Waals surface area (Å²) in [5.74, 6) is 2.31. The average Bonchev–Trinajstić information content (AvgIpc) is 2.97. The normalized spacial score (nSPS) is 13.4. The molecule has 0 saturated carbocycles. The van der Waals surface area contributed by atoms with Crippen LogP contribution in [-0.4, -0.2) is 46.2 Å². The van der Waals surface area contributed by atoms with Gasteiger partial charge in [-0.05, 0) is 60.2 Å². The number of hydrogen-bond acceptors (Lipinski definition) is 8. The van der Waals surface area contributed by atoms with Gasteiger partial charge in [0, 0.05) is 35.9 Å². The first-order valence-corrected chi connectivity index (χ1v) is 12.8. The van der Waals surface area contributed by atoms with Gasteiger partial charge in [-0.1, -0.05) is 23.7 Å². The fourth-order valence-corrected chi connectivity index (χ4v) is 4.61. The largest absolute Gasteiger partial charge is 0.487 e. The summed E-state index contributed by atoms with van der Waals surface area (Å²) in [5.41, 5.74) is 3.08.